The molecular formula is C10H17NO3. The summed E-state index contributed by atoms with van der Waals surface area (Å²) in [7, 11) is 0. The van der Waals surface area contributed by atoms with E-state index in [0.29, 0.717) is 19.6 Å². The molecule has 0 aromatic rings. The minimum Gasteiger partial charge on any atom is -0.365 e. The molecular weight excluding hydrogens is 182 g/mol. The van der Waals surface area contributed by atoms with Crippen LogP contribution >= 0.6 is 0 Å². The van der Waals surface area contributed by atoms with Crippen LogP contribution in [0.1, 0.15) is 33.1 Å². The smallest absolute Gasteiger partial charge is 0.216 e. The largest absolute Gasteiger partial charge is 0.365 e. The van der Waals surface area contributed by atoms with Crippen molar-refractivity contribution in [2.75, 3.05) is 13.2 Å². The number of nitrogens with one attached hydrogen (secondary N) is 1. The van der Waals surface area contributed by atoms with Crippen molar-refractivity contribution in [1.82, 2.24) is 5.32 Å². The van der Waals surface area contributed by atoms with E-state index >= 15 is 0 Å². The van der Waals surface area contributed by atoms with Crippen LogP contribution in [0.5, 0.6) is 0 Å². The lowest BCUT2D eigenvalue weighted by Gasteiger charge is -2.35. The van der Waals surface area contributed by atoms with Crippen LogP contribution in [0, 0.1) is 0 Å². The summed E-state index contributed by atoms with van der Waals surface area (Å²) in [6, 6.07) is 0. The van der Waals surface area contributed by atoms with Crippen LogP contribution in [-0.4, -0.2) is 30.4 Å². The molecule has 1 unspecified atom stereocenters. The maximum atomic E-state index is 11.5. The number of carbonyl (C=O) groups excluding carboxylic acids is 2. The van der Waals surface area contributed by atoms with Crippen LogP contribution in [0.3, 0.4) is 0 Å². The van der Waals surface area contributed by atoms with E-state index in [4.69, 9.17) is 4.74 Å². The fourth-order valence-electron chi connectivity index (χ4n) is 1.66. The number of Topliss-reactive ketones (excluding diaryl/α,β-unsaturated/α-hetero) is 1. The molecule has 0 aromatic carbocycles. The van der Waals surface area contributed by atoms with E-state index in [1.165, 1.54) is 13.8 Å². The van der Waals surface area contributed by atoms with Crippen molar-refractivity contribution in [3.05, 3.63) is 0 Å². The molecule has 0 aromatic heterocycles. The molecule has 1 rings (SSSR count). The standard InChI is InChI=1S/C10H17NO3/c1-8(12)10(7-11-9(2)13)5-3-4-6-14-10/h3-7H2,1-2H3,(H,11,13). The zero-order valence-electron chi connectivity index (χ0n) is 8.76. The van der Waals surface area contributed by atoms with E-state index in [-0.39, 0.29) is 11.7 Å². The lowest BCUT2D eigenvalue weighted by atomic mass is 9.90. The lowest BCUT2D eigenvalue weighted by molar-refractivity contribution is -0.149. The second-order valence-electron chi connectivity index (χ2n) is 3.77. The molecule has 4 nitrogen and oxygen atoms in total. The van der Waals surface area contributed by atoms with Crippen LogP contribution in [0.15, 0.2) is 0 Å². The van der Waals surface area contributed by atoms with Gasteiger partial charge in [0.25, 0.3) is 0 Å². The SMILES string of the molecule is CC(=O)NCC1(C(C)=O)CCCCO1. The van der Waals surface area contributed by atoms with E-state index in [2.05, 4.69) is 5.32 Å². The minimum atomic E-state index is -0.760. The number of carbonyl (C=O) groups is 2. The molecule has 0 bridgehead atoms. The Kier molecular flexibility index (Phi) is 3.63. The highest BCUT2D eigenvalue weighted by atomic mass is 16.5. The Balaban J connectivity index is 2.60. The maximum Gasteiger partial charge on any atom is 0.216 e. The third kappa shape index (κ3) is 2.54. The molecule has 1 aliphatic heterocycles. The zero-order valence-corrected chi connectivity index (χ0v) is 8.76. The Hall–Kier alpha value is -0.900. The molecule has 1 saturated heterocycles. The Bertz CT molecular complexity index is 232. The van der Waals surface area contributed by atoms with Gasteiger partial charge in [-0.05, 0) is 26.2 Å². The zero-order chi connectivity index (χ0) is 10.6. The summed E-state index contributed by atoms with van der Waals surface area (Å²) in [6.45, 7) is 3.88. The molecule has 1 fully saturated rings. The Labute approximate surface area is 84.0 Å². The number of hydrogen-bond donors (Lipinski definition) is 1. The number of amides is 1. The van der Waals surface area contributed by atoms with Crippen molar-refractivity contribution in [2.24, 2.45) is 0 Å². The lowest BCUT2D eigenvalue weighted by Crippen LogP contribution is -2.51. The number of rotatable bonds is 3. The van der Waals surface area contributed by atoms with E-state index in [0.717, 1.165) is 12.8 Å². The molecule has 1 aliphatic rings. The fourth-order valence-corrected chi connectivity index (χ4v) is 1.66. The predicted octanol–water partition coefficient (Wildman–Crippen LogP) is 0.651. The van der Waals surface area contributed by atoms with Crippen molar-refractivity contribution >= 4 is 11.7 Å². The maximum absolute atomic E-state index is 11.5. The fraction of sp³-hybridized carbons (Fsp3) is 0.800. The van der Waals surface area contributed by atoms with Crippen LogP contribution in [0.4, 0.5) is 0 Å². The average molecular weight is 199 g/mol. The van der Waals surface area contributed by atoms with Gasteiger partial charge in [-0.2, -0.15) is 0 Å². The second kappa shape index (κ2) is 4.55. The molecule has 80 valence electrons. The normalized spacial score (nSPS) is 27.0. The van der Waals surface area contributed by atoms with Gasteiger partial charge in [0.05, 0.1) is 6.54 Å². The van der Waals surface area contributed by atoms with Crippen molar-refractivity contribution in [3.8, 4) is 0 Å². The highest BCUT2D eigenvalue weighted by Crippen LogP contribution is 2.25. The Morgan fingerprint density at radius 1 is 1.36 bits per heavy atom. The van der Waals surface area contributed by atoms with Crippen LogP contribution in [0.25, 0.3) is 0 Å². The topological polar surface area (TPSA) is 55.4 Å². The van der Waals surface area contributed by atoms with Crippen molar-refractivity contribution < 1.29 is 14.3 Å². The highest BCUT2D eigenvalue weighted by Gasteiger charge is 2.38. The van der Waals surface area contributed by atoms with Crippen LogP contribution in [0.2, 0.25) is 0 Å². The molecule has 14 heavy (non-hydrogen) atoms. The quantitative estimate of drug-likeness (QED) is 0.726. The van der Waals surface area contributed by atoms with Crippen LogP contribution in [-0.2, 0) is 14.3 Å². The molecule has 1 atom stereocenters. The molecule has 4 heteroatoms. The third-order valence-corrected chi connectivity index (χ3v) is 2.62. The van der Waals surface area contributed by atoms with Gasteiger partial charge in [-0.1, -0.05) is 0 Å². The van der Waals surface area contributed by atoms with Gasteiger partial charge in [0.15, 0.2) is 5.78 Å². The predicted molar refractivity (Wildman–Crippen MR) is 51.9 cm³/mol. The van der Waals surface area contributed by atoms with Crippen molar-refractivity contribution in [1.29, 1.82) is 0 Å². The molecule has 1 heterocycles. The molecule has 0 aliphatic carbocycles. The number of ketones is 1. The summed E-state index contributed by atoms with van der Waals surface area (Å²) in [5, 5.41) is 2.65. The van der Waals surface area contributed by atoms with E-state index in [1.807, 2.05) is 0 Å². The monoisotopic (exact) mass is 199 g/mol. The molecule has 1 N–H and O–H groups in total. The van der Waals surface area contributed by atoms with Gasteiger partial charge in [0.2, 0.25) is 5.91 Å². The van der Waals surface area contributed by atoms with Gasteiger partial charge < -0.3 is 10.1 Å². The van der Waals surface area contributed by atoms with Crippen molar-refractivity contribution in [2.45, 2.75) is 38.7 Å². The minimum absolute atomic E-state index is 0.00551. The van der Waals surface area contributed by atoms with Crippen molar-refractivity contribution in [3.63, 3.8) is 0 Å². The van der Waals surface area contributed by atoms with Gasteiger partial charge in [-0.3, -0.25) is 9.59 Å². The molecule has 0 spiro atoms. The first kappa shape index (κ1) is 11.2. The molecule has 0 saturated carbocycles. The summed E-state index contributed by atoms with van der Waals surface area (Å²) in [4.78, 5) is 22.2. The summed E-state index contributed by atoms with van der Waals surface area (Å²) in [5.74, 6) is -0.120. The highest BCUT2D eigenvalue weighted by molar-refractivity contribution is 5.86. The van der Waals surface area contributed by atoms with Gasteiger partial charge in [-0.15, -0.1) is 0 Å². The molecule has 1 amide bonds. The first-order chi connectivity index (χ1) is 6.57. The average Bonchev–Trinajstić information content (AvgIpc) is 2.16. The Morgan fingerprint density at radius 3 is 2.50 bits per heavy atom. The summed E-state index contributed by atoms with van der Waals surface area (Å²) >= 11 is 0. The number of hydrogen-bond acceptors (Lipinski definition) is 3. The summed E-state index contributed by atoms with van der Waals surface area (Å²) < 4.78 is 5.51. The van der Waals surface area contributed by atoms with Gasteiger partial charge in [0, 0.05) is 13.5 Å². The Morgan fingerprint density at radius 2 is 2.07 bits per heavy atom. The van der Waals surface area contributed by atoms with Gasteiger partial charge >= 0.3 is 0 Å². The first-order valence-corrected chi connectivity index (χ1v) is 4.96. The number of ether oxygens (including phenoxy) is 1. The summed E-state index contributed by atoms with van der Waals surface area (Å²) in [5.41, 5.74) is -0.760. The van der Waals surface area contributed by atoms with Gasteiger partial charge in [0.1, 0.15) is 5.60 Å². The summed E-state index contributed by atoms with van der Waals surface area (Å²) in [6.07, 6.45) is 2.69. The molecule has 0 radical (unpaired) electrons. The van der Waals surface area contributed by atoms with Gasteiger partial charge in [-0.25, -0.2) is 0 Å². The second-order valence-corrected chi connectivity index (χ2v) is 3.77. The first-order valence-electron chi connectivity index (χ1n) is 4.96. The van der Waals surface area contributed by atoms with E-state index in [1.54, 1.807) is 0 Å². The van der Waals surface area contributed by atoms with E-state index in [9.17, 15) is 9.59 Å². The van der Waals surface area contributed by atoms with Crippen LogP contribution < -0.4 is 5.32 Å². The van der Waals surface area contributed by atoms with E-state index < -0.39 is 5.60 Å². The third-order valence-electron chi connectivity index (χ3n) is 2.62.